The second-order valence-corrected chi connectivity index (χ2v) is 39.7. The maximum absolute atomic E-state index is 5.06. The van der Waals surface area contributed by atoms with Crippen LogP contribution in [0.3, 0.4) is 0 Å². The highest BCUT2D eigenvalue weighted by Crippen LogP contribution is 2.57. The van der Waals surface area contributed by atoms with E-state index in [1.807, 2.05) is 54.9 Å². The van der Waals surface area contributed by atoms with E-state index in [0.717, 1.165) is 79.1 Å². The van der Waals surface area contributed by atoms with E-state index < -0.39 is 0 Å². The highest BCUT2D eigenvalue weighted by Gasteiger charge is 2.40. The molecule has 0 spiro atoms. The number of benzene rings is 22. The van der Waals surface area contributed by atoms with E-state index in [4.69, 9.17) is 15.0 Å². The summed E-state index contributed by atoms with van der Waals surface area (Å²) in [7, 11) is 0. The minimum Gasteiger partial charge on any atom is -0.310 e. The Labute approximate surface area is 837 Å². The number of aromatic nitrogens is 5. The molecule has 9 heteroatoms. The molecule has 9 nitrogen and oxygen atoms in total. The SMILES string of the molecule is CC1(C)c2cc(-c3cccnc3)cc3ccc4cc(N(c5ccccc5)c5cccc6ccccc56)cc1c4c23.CC1(C)c2cc(-c3nc(-c4ccccc4)nc(-c4ccccc4)n3)cc3ccc4cc(N(c5ccccc5)c5ccccc5)cc1c4c23.CC1(C)c2cccc3ccc4cc(-n5c6ccc(N(c7ccccc7)c7ccccc7)cc6c6cc(N(c7ccccc7)c7ccccc7)ccc65)cc1c4c23. The van der Waals surface area contributed by atoms with Gasteiger partial charge in [-0.1, -0.05) is 327 Å². The van der Waals surface area contributed by atoms with Crippen LogP contribution in [0.2, 0.25) is 0 Å². The van der Waals surface area contributed by atoms with Gasteiger partial charge in [0, 0.05) is 135 Å². The van der Waals surface area contributed by atoms with Crippen LogP contribution in [0.4, 0.5) is 68.2 Å². The van der Waals surface area contributed by atoms with Crippen molar-refractivity contribution in [2.75, 3.05) is 19.6 Å². The van der Waals surface area contributed by atoms with E-state index in [9.17, 15) is 0 Å². The van der Waals surface area contributed by atoms with Crippen molar-refractivity contribution >= 4 is 165 Å². The van der Waals surface area contributed by atoms with Crippen LogP contribution in [0.25, 0.3) is 148 Å². The predicted molar refractivity (Wildman–Crippen MR) is 604 cm³/mol. The highest BCUT2D eigenvalue weighted by molar-refractivity contribution is 6.21. The lowest BCUT2D eigenvalue weighted by Gasteiger charge is -2.29. The summed E-state index contributed by atoms with van der Waals surface area (Å²) < 4.78 is 2.49. The van der Waals surface area contributed by atoms with Gasteiger partial charge in [-0.3, -0.25) is 4.98 Å². The molecule has 0 saturated carbocycles. The fraction of sp³-hybridized carbons (Fsp3) is 0.0667. The van der Waals surface area contributed by atoms with Crippen LogP contribution >= 0.6 is 0 Å². The molecule has 3 heterocycles. The van der Waals surface area contributed by atoms with Gasteiger partial charge in [0.25, 0.3) is 0 Å². The van der Waals surface area contributed by atoms with Gasteiger partial charge in [0.05, 0.1) is 16.7 Å². The molecule has 25 aromatic rings. The summed E-state index contributed by atoms with van der Waals surface area (Å²) in [5.41, 5.74) is 30.1. The summed E-state index contributed by atoms with van der Waals surface area (Å²) >= 11 is 0. The summed E-state index contributed by atoms with van der Waals surface area (Å²) in [6.45, 7) is 14.2. The molecule has 684 valence electrons. The Kier molecular flexibility index (Phi) is 20.8. The average molecular weight is 1850 g/mol. The van der Waals surface area contributed by atoms with Crippen LogP contribution in [0.5, 0.6) is 0 Å². The average Bonchev–Trinajstić information content (AvgIpc) is 1.55. The van der Waals surface area contributed by atoms with Gasteiger partial charge in [-0.25, -0.2) is 15.0 Å². The lowest BCUT2D eigenvalue weighted by atomic mass is 9.80. The second-order valence-electron chi connectivity index (χ2n) is 39.7. The van der Waals surface area contributed by atoms with Crippen molar-refractivity contribution in [2.45, 2.75) is 57.8 Å². The molecule has 0 N–H and O–H groups in total. The van der Waals surface area contributed by atoms with Crippen LogP contribution < -0.4 is 19.6 Å². The van der Waals surface area contributed by atoms with Crippen LogP contribution in [-0.4, -0.2) is 24.5 Å². The van der Waals surface area contributed by atoms with Crippen molar-refractivity contribution in [3.63, 3.8) is 0 Å². The standard InChI is InChI=1S/C53H39N3.C44H32N4.C38H28N2/c1-53(2)47-25-15-16-36-26-27-37-32-44(35-48(53)52(37)51(36)47)56-49-30-28-42(54(38-17-7-3-8-18-38)39-19-9-4-10-20-39)33-45(49)46-34-43(29-31-50(46)56)55(40-21-11-5-12-22-40)41-23-13-6-14-24-41;1-44(2)37-27-33(43-46-41(29-15-7-3-8-16-29)45-42(47-43)30-17-9-4-10-18-30)25-31-23-24-32-26-36(28-38(44)40(32)39(31)37)48(34-19-11-5-12-20-34)35-21-13-6-14-22-35;1-38(2)33-22-29(28-12-9-19-39-24-28)20-26-17-18-27-21-31(23-34(38)37(27)36(26)33)40(30-13-4-3-5-14-30)35-16-8-11-25-10-6-7-15-32(25)35/h3-35H,1-2H3;3-28H,1-2H3;3-24H,1-2H3. The second kappa shape index (κ2) is 34.7. The number of nitrogens with zero attached hydrogens (tertiary/aromatic N) is 9. The third-order valence-corrected chi connectivity index (χ3v) is 30.1. The topological polar surface area (TPSA) is 69.5 Å². The molecule has 0 atom stereocenters. The molecular weight excluding hydrogens is 1750 g/mol. The zero-order chi connectivity index (χ0) is 96.5. The molecule has 22 aromatic carbocycles. The first-order chi connectivity index (χ1) is 70.7. The van der Waals surface area contributed by atoms with E-state index in [1.54, 1.807) is 0 Å². The summed E-state index contributed by atoms with van der Waals surface area (Å²) in [6.07, 6.45) is 3.80. The number of anilines is 12. The monoisotopic (exact) mass is 1850 g/mol. The van der Waals surface area contributed by atoms with Gasteiger partial charge >= 0.3 is 0 Å². The lowest BCUT2D eigenvalue weighted by molar-refractivity contribution is 0.662. The van der Waals surface area contributed by atoms with Crippen molar-refractivity contribution in [2.24, 2.45) is 0 Å². The summed E-state index contributed by atoms with van der Waals surface area (Å²) in [4.78, 5) is 28.9. The zero-order valence-electron chi connectivity index (χ0n) is 80.8. The van der Waals surface area contributed by atoms with Crippen molar-refractivity contribution in [1.29, 1.82) is 0 Å². The Morgan fingerprint density at radius 3 is 0.972 bits per heavy atom. The van der Waals surface area contributed by atoms with Crippen LogP contribution in [0, 0.1) is 0 Å². The number of para-hydroxylation sites is 7. The van der Waals surface area contributed by atoms with Gasteiger partial charge in [0.15, 0.2) is 17.5 Å². The smallest absolute Gasteiger partial charge is 0.164 e. The minimum absolute atomic E-state index is 0.117. The summed E-state index contributed by atoms with van der Waals surface area (Å²) in [6, 6.07) is 173. The molecule has 0 aliphatic heterocycles. The van der Waals surface area contributed by atoms with Crippen LogP contribution in [0.1, 0.15) is 74.9 Å². The highest BCUT2D eigenvalue weighted by atomic mass is 15.2. The first-order valence-corrected chi connectivity index (χ1v) is 49.7. The van der Waals surface area contributed by atoms with Gasteiger partial charge in [-0.05, 0) is 303 Å². The van der Waals surface area contributed by atoms with E-state index in [0.29, 0.717) is 17.5 Å². The number of hydrogen-bond donors (Lipinski definition) is 0. The third-order valence-electron chi connectivity index (χ3n) is 30.1. The molecule has 0 amide bonds. The van der Waals surface area contributed by atoms with E-state index >= 15 is 0 Å². The molecule has 0 radical (unpaired) electrons. The molecule has 144 heavy (non-hydrogen) atoms. The van der Waals surface area contributed by atoms with Gasteiger partial charge in [0.2, 0.25) is 0 Å². The predicted octanol–water partition coefficient (Wildman–Crippen LogP) is 36.3. The molecule has 0 saturated heterocycles. The molecule has 3 aromatic heterocycles. The molecule has 0 unspecified atom stereocenters. The minimum atomic E-state index is -0.247. The maximum Gasteiger partial charge on any atom is 0.164 e. The summed E-state index contributed by atoms with van der Waals surface area (Å²) in [5, 5.41) is 20.7. The molecule has 0 fully saturated rings. The van der Waals surface area contributed by atoms with E-state index in [-0.39, 0.29) is 16.2 Å². The molecule has 3 aliphatic rings. The van der Waals surface area contributed by atoms with E-state index in [1.165, 1.54) is 153 Å². The Bertz CT molecular complexity index is 9010. The molecule has 3 aliphatic carbocycles. The summed E-state index contributed by atoms with van der Waals surface area (Å²) in [5.74, 6) is 2.01. The maximum atomic E-state index is 5.06. The van der Waals surface area contributed by atoms with Crippen LogP contribution in [-0.2, 0) is 16.2 Å². The van der Waals surface area contributed by atoms with Crippen molar-refractivity contribution in [1.82, 2.24) is 24.5 Å². The number of hydrogen-bond acceptors (Lipinski definition) is 8. The number of pyridine rings is 1. The van der Waals surface area contributed by atoms with Crippen molar-refractivity contribution in [3.8, 4) is 51.0 Å². The fourth-order valence-corrected chi connectivity index (χ4v) is 23.2. The molecule has 28 rings (SSSR count). The normalized spacial score (nSPS) is 13.1. The van der Waals surface area contributed by atoms with Crippen LogP contribution in [0.15, 0.2) is 492 Å². The fourth-order valence-electron chi connectivity index (χ4n) is 23.2. The molecule has 0 bridgehead atoms. The van der Waals surface area contributed by atoms with Crippen molar-refractivity contribution in [3.05, 3.63) is 525 Å². The Morgan fingerprint density at radius 2 is 0.521 bits per heavy atom. The Hall–Kier alpha value is -18.2. The van der Waals surface area contributed by atoms with Gasteiger partial charge in [-0.15, -0.1) is 0 Å². The van der Waals surface area contributed by atoms with Crippen molar-refractivity contribution < 1.29 is 0 Å². The first kappa shape index (κ1) is 86.2. The first-order valence-electron chi connectivity index (χ1n) is 49.7. The number of rotatable bonds is 17. The zero-order valence-corrected chi connectivity index (χ0v) is 80.8. The lowest BCUT2D eigenvalue weighted by Crippen LogP contribution is -2.17. The number of fused-ring (bicyclic) bond motifs is 4. The quantitative estimate of drug-likeness (QED) is 0.0836. The Morgan fingerprint density at radius 1 is 0.194 bits per heavy atom. The molecular formula is C135H99N9. The van der Waals surface area contributed by atoms with Gasteiger partial charge in [0.1, 0.15) is 0 Å². The van der Waals surface area contributed by atoms with Gasteiger partial charge < -0.3 is 24.2 Å². The Balaban J connectivity index is 0.000000112. The third kappa shape index (κ3) is 14.6. The van der Waals surface area contributed by atoms with Gasteiger partial charge in [-0.2, -0.15) is 0 Å². The largest absolute Gasteiger partial charge is 0.310 e. The van der Waals surface area contributed by atoms with E-state index in [2.05, 4.69) is 507 Å².